The van der Waals surface area contributed by atoms with Crippen LogP contribution in [0.1, 0.15) is 27.3 Å². The second kappa shape index (κ2) is 6.04. The summed E-state index contributed by atoms with van der Waals surface area (Å²) in [5, 5.41) is 0. The SMILES string of the molecule is Cc1cccc(N(C)Cc2ccc(C(=O)N(C)C)[nH]2)c1C. The highest BCUT2D eigenvalue weighted by atomic mass is 16.2. The van der Waals surface area contributed by atoms with Crippen LogP contribution in [0.3, 0.4) is 0 Å². The Bertz CT molecular complexity index is 643. The van der Waals surface area contributed by atoms with Gasteiger partial charge in [0.1, 0.15) is 5.69 Å². The predicted octanol–water partition coefficient (Wildman–Crippen LogP) is 2.97. The van der Waals surface area contributed by atoms with Gasteiger partial charge in [0.05, 0.1) is 6.54 Å². The van der Waals surface area contributed by atoms with Gasteiger partial charge in [0.15, 0.2) is 0 Å². The number of hydrogen-bond acceptors (Lipinski definition) is 2. The Morgan fingerprint density at radius 3 is 2.48 bits per heavy atom. The highest BCUT2D eigenvalue weighted by molar-refractivity contribution is 5.92. The third kappa shape index (κ3) is 3.27. The standard InChI is InChI=1S/C17H23N3O/c1-12-7-6-8-16(13(12)2)20(5)11-14-9-10-15(18-14)17(21)19(3)4/h6-10,18H,11H2,1-5H3. The first kappa shape index (κ1) is 15.2. The van der Waals surface area contributed by atoms with Crippen molar-refractivity contribution in [3.63, 3.8) is 0 Å². The molecule has 0 unspecified atom stereocenters. The second-order valence-corrected chi connectivity index (χ2v) is 5.67. The fourth-order valence-corrected chi connectivity index (χ4v) is 2.39. The van der Waals surface area contributed by atoms with Crippen LogP contribution in [-0.2, 0) is 6.54 Å². The van der Waals surface area contributed by atoms with E-state index >= 15 is 0 Å². The topological polar surface area (TPSA) is 39.3 Å². The van der Waals surface area contributed by atoms with E-state index in [1.807, 2.05) is 12.1 Å². The van der Waals surface area contributed by atoms with Crippen molar-refractivity contribution in [2.24, 2.45) is 0 Å². The Morgan fingerprint density at radius 2 is 1.81 bits per heavy atom. The van der Waals surface area contributed by atoms with Crippen molar-refractivity contribution in [2.45, 2.75) is 20.4 Å². The summed E-state index contributed by atoms with van der Waals surface area (Å²) in [6.07, 6.45) is 0. The van der Waals surface area contributed by atoms with Gasteiger partial charge in [-0.3, -0.25) is 4.79 Å². The monoisotopic (exact) mass is 285 g/mol. The number of aryl methyl sites for hydroxylation is 1. The molecule has 4 heteroatoms. The van der Waals surface area contributed by atoms with Crippen molar-refractivity contribution in [1.82, 2.24) is 9.88 Å². The van der Waals surface area contributed by atoms with E-state index < -0.39 is 0 Å². The third-order valence-corrected chi connectivity index (χ3v) is 3.78. The summed E-state index contributed by atoms with van der Waals surface area (Å²) in [6, 6.07) is 10.1. The largest absolute Gasteiger partial charge is 0.369 e. The van der Waals surface area contributed by atoms with E-state index in [9.17, 15) is 4.79 Å². The molecule has 1 amide bonds. The minimum Gasteiger partial charge on any atom is -0.369 e. The van der Waals surface area contributed by atoms with Gasteiger partial charge in [-0.25, -0.2) is 0 Å². The van der Waals surface area contributed by atoms with Gasteiger partial charge in [-0.1, -0.05) is 12.1 Å². The van der Waals surface area contributed by atoms with Crippen LogP contribution in [0, 0.1) is 13.8 Å². The number of rotatable bonds is 4. The lowest BCUT2D eigenvalue weighted by Crippen LogP contribution is -2.22. The molecular weight excluding hydrogens is 262 g/mol. The molecule has 2 aromatic rings. The van der Waals surface area contributed by atoms with Crippen molar-refractivity contribution in [3.05, 3.63) is 52.8 Å². The second-order valence-electron chi connectivity index (χ2n) is 5.67. The molecule has 1 aromatic heterocycles. The van der Waals surface area contributed by atoms with Crippen molar-refractivity contribution in [3.8, 4) is 0 Å². The molecule has 0 aliphatic rings. The van der Waals surface area contributed by atoms with E-state index in [-0.39, 0.29) is 5.91 Å². The summed E-state index contributed by atoms with van der Waals surface area (Å²) in [4.78, 5) is 18.9. The summed E-state index contributed by atoms with van der Waals surface area (Å²) in [5.74, 6) is -0.00404. The number of aromatic amines is 1. The van der Waals surface area contributed by atoms with Crippen molar-refractivity contribution in [1.29, 1.82) is 0 Å². The van der Waals surface area contributed by atoms with Crippen LogP contribution in [0.15, 0.2) is 30.3 Å². The summed E-state index contributed by atoms with van der Waals surface area (Å²) in [6.45, 7) is 5.00. The fourth-order valence-electron chi connectivity index (χ4n) is 2.39. The highest BCUT2D eigenvalue weighted by Crippen LogP contribution is 2.23. The summed E-state index contributed by atoms with van der Waals surface area (Å²) < 4.78 is 0. The molecule has 0 bridgehead atoms. The molecule has 1 aromatic carbocycles. The van der Waals surface area contributed by atoms with Crippen LogP contribution in [0.25, 0.3) is 0 Å². The molecule has 112 valence electrons. The van der Waals surface area contributed by atoms with Crippen molar-refractivity contribution < 1.29 is 4.79 Å². The first-order valence-electron chi connectivity index (χ1n) is 7.07. The average molecular weight is 285 g/mol. The van der Waals surface area contributed by atoms with E-state index in [2.05, 4.69) is 49.0 Å². The molecule has 0 aliphatic carbocycles. The Morgan fingerprint density at radius 1 is 1.10 bits per heavy atom. The maximum Gasteiger partial charge on any atom is 0.269 e. The lowest BCUT2D eigenvalue weighted by Gasteiger charge is -2.22. The fraction of sp³-hybridized carbons (Fsp3) is 0.353. The molecule has 1 N–H and O–H groups in total. The van der Waals surface area contributed by atoms with Crippen LogP contribution in [0.2, 0.25) is 0 Å². The zero-order chi connectivity index (χ0) is 15.6. The Kier molecular flexibility index (Phi) is 4.36. The van der Waals surface area contributed by atoms with Gasteiger partial charge in [-0.05, 0) is 43.2 Å². The maximum absolute atomic E-state index is 11.9. The Labute approximate surface area is 126 Å². The Balaban J connectivity index is 2.15. The summed E-state index contributed by atoms with van der Waals surface area (Å²) in [5.41, 5.74) is 5.45. The smallest absolute Gasteiger partial charge is 0.269 e. The Hall–Kier alpha value is -2.23. The number of nitrogens with zero attached hydrogens (tertiary/aromatic N) is 2. The lowest BCUT2D eigenvalue weighted by atomic mass is 10.1. The molecule has 0 radical (unpaired) electrons. The minimum absolute atomic E-state index is 0.00404. The van der Waals surface area contributed by atoms with Crippen LogP contribution < -0.4 is 4.90 Å². The molecule has 0 saturated heterocycles. The van der Waals surface area contributed by atoms with E-state index in [0.29, 0.717) is 5.69 Å². The zero-order valence-electron chi connectivity index (χ0n) is 13.4. The number of anilines is 1. The van der Waals surface area contributed by atoms with Gasteiger partial charge < -0.3 is 14.8 Å². The maximum atomic E-state index is 11.9. The van der Waals surface area contributed by atoms with Crippen LogP contribution in [-0.4, -0.2) is 36.9 Å². The summed E-state index contributed by atoms with van der Waals surface area (Å²) >= 11 is 0. The number of H-pyrrole nitrogens is 1. The van der Waals surface area contributed by atoms with Gasteiger partial charge in [0.2, 0.25) is 0 Å². The molecule has 0 spiro atoms. The molecule has 0 aliphatic heterocycles. The van der Waals surface area contributed by atoms with Gasteiger partial charge >= 0.3 is 0 Å². The minimum atomic E-state index is -0.00404. The average Bonchev–Trinajstić information content (AvgIpc) is 2.89. The number of benzene rings is 1. The van der Waals surface area contributed by atoms with E-state index in [4.69, 9.17) is 0 Å². The third-order valence-electron chi connectivity index (χ3n) is 3.78. The number of carbonyl (C=O) groups excluding carboxylic acids is 1. The normalized spacial score (nSPS) is 10.5. The van der Waals surface area contributed by atoms with Crippen LogP contribution in [0.5, 0.6) is 0 Å². The van der Waals surface area contributed by atoms with Gasteiger partial charge in [0, 0.05) is 32.5 Å². The quantitative estimate of drug-likeness (QED) is 0.938. The molecule has 0 fully saturated rings. The van der Waals surface area contributed by atoms with Gasteiger partial charge in [0.25, 0.3) is 5.91 Å². The lowest BCUT2D eigenvalue weighted by molar-refractivity contribution is 0.0822. The van der Waals surface area contributed by atoms with E-state index in [1.54, 1.807) is 19.0 Å². The van der Waals surface area contributed by atoms with Gasteiger partial charge in [-0.2, -0.15) is 0 Å². The van der Waals surface area contributed by atoms with E-state index in [0.717, 1.165) is 12.2 Å². The molecule has 0 saturated carbocycles. The number of hydrogen-bond donors (Lipinski definition) is 1. The highest BCUT2D eigenvalue weighted by Gasteiger charge is 2.12. The molecule has 0 atom stereocenters. The first-order chi connectivity index (χ1) is 9.90. The van der Waals surface area contributed by atoms with Crippen molar-refractivity contribution in [2.75, 3.05) is 26.0 Å². The predicted molar refractivity (Wildman–Crippen MR) is 86.8 cm³/mol. The van der Waals surface area contributed by atoms with E-state index in [1.165, 1.54) is 16.8 Å². The van der Waals surface area contributed by atoms with Crippen molar-refractivity contribution >= 4 is 11.6 Å². The van der Waals surface area contributed by atoms with Crippen LogP contribution in [0.4, 0.5) is 5.69 Å². The molecule has 4 nitrogen and oxygen atoms in total. The number of carbonyl (C=O) groups is 1. The number of aromatic nitrogens is 1. The molecular formula is C17H23N3O. The van der Waals surface area contributed by atoms with Crippen LogP contribution >= 0.6 is 0 Å². The summed E-state index contributed by atoms with van der Waals surface area (Å²) in [7, 11) is 5.58. The molecule has 1 heterocycles. The first-order valence-corrected chi connectivity index (χ1v) is 7.07. The molecule has 21 heavy (non-hydrogen) atoms. The van der Waals surface area contributed by atoms with Gasteiger partial charge in [-0.15, -0.1) is 0 Å². The zero-order valence-corrected chi connectivity index (χ0v) is 13.4. The molecule has 2 rings (SSSR count). The number of amides is 1. The number of nitrogens with one attached hydrogen (secondary N) is 1.